The maximum Gasteiger partial charge on any atom is 0.287 e. The lowest BCUT2D eigenvalue weighted by molar-refractivity contribution is -0.122. The van der Waals surface area contributed by atoms with Gasteiger partial charge in [-0.05, 0) is 24.6 Å². The number of nitrogens with two attached hydrogens (primary N) is 1. The van der Waals surface area contributed by atoms with Crippen molar-refractivity contribution < 1.29 is 14.0 Å². The van der Waals surface area contributed by atoms with Gasteiger partial charge in [0, 0.05) is 12.6 Å². The van der Waals surface area contributed by atoms with Gasteiger partial charge in [-0.2, -0.15) is 0 Å². The number of nitrogens with one attached hydrogen (secondary N) is 2. The molecule has 1 heterocycles. The predicted octanol–water partition coefficient (Wildman–Crippen LogP) is 1.21. The van der Waals surface area contributed by atoms with Gasteiger partial charge in [0.25, 0.3) is 5.91 Å². The van der Waals surface area contributed by atoms with Crippen LogP contribution < -0.4 is 16.4 Å². The summed E-state index contributed by atoms with van der Waals surface area (Å²) in [7, 11) is 0. The van der Waals surface area contributed by atoms with Gasteiger partial charge in [0.2, 0.25) is 5.91 Å². The molecule has 2 unspecified atom stereocenters. The van der Waals surface area contributed by atoms with Crippen LogP contribution in [0.4, 0.5) is 0 Å². The molecule has 6 heteroatoms. The van der Waals surface area contributed by atoms with E-state index < -0.39 is 11.9 Å². The van der Waals surface area contributed by atoms with Crippen molar-refractivity contribution in [1.29, 1.82) is 0 Å². The smallest absolute Gasteiger partial charge is 0.287 e. The topological polar surface area (TPSA) is 97.4 Å². The van der Waals surface area contributed by atoms with Crippen LogP contribution in [0.5, 0.6) is 0 Å². The molecule has 1 aromatic heterocycles. The summed E-state index contributed by atoms with van der Waals surface area (Å²) >= 11 is 0. The summed E-state index contributed by atoms with van der Waals surface area (Å²) in [5.41, 5.74) is 6.94. The van der Waals surface area contributed by atoms with Crippen molar-refractivity contribution >= 4 is 11.8 Å². The molecule has 0 saturated heterocycles. The van der Waals surface area contributed by atoms with E-state index >= 15 is 0 Å². The minimum atomic E-state index is -0.680. The highest BCUT2D eigenvalue weighted by Gasteiger charge is 2.18. The van der Waals surface area contributed by atoms with Crippen molar-refractivity contribution in [2.45, 2.75) is 19.0 Å². The molecule has 116 valence electrons. The van der Waals surface area contributed by atoms with Gasteiger partial charge in [-0.15, -0.1) is 0 Å². The normalized spacial score (nSPS) is 13.2. The number of hydrogen-bond donors (Lipinski definition) is 3. The highest BCUT2D eigenvalue weighted by atomic mass is 16.3. The van der Waals surface area contributed by atoms with Gasteiger partial charge in [-0.25, -0.2) is 0 Å². The van der Waals surface area contributed by atoms with Crippen LogP contribution in [0.2, 0.25) is 0 Å². The van der Waals surface area contributed by atoms with E-state index in [1.807, 2.05) is 30.3 Å². The SMILES string of the molecule is CC(NC(=O)c1ccco1)C(=O)NCC(N)c1ccccc1. The maximum atomic E-state index is 12.0. The minimum Gasteiger partial charge on any atom is -0.459 e. The first-order valence-corrected chi connectivity index (χ1v) is 7.00. The molecule has 2 atom stereocenters. The molecule has 0 saturated carbocycles. The van der Waals surface area contributed by atoms with Crippen LogP contribution in [0.15, 0.2) is 53.1 Å². The molecular formula is C16H19N3O3. The Hall–Kier alpha value is -2.60. The van der Waals surface area contributed by atoms with Crippen molar-refractivity contribution in [3.63, 3.8) is 0 Å². The molecule has 0 radical (unpaired) electrons. The van der Waals surface area contributed by atoms with E-state index in [0.717, 1.165) is 5.56 Å². The number of carbonyl (C=O) groups is 2. The van der Waals surface area contributed by atoms with Crippen molar-refractivity contribution in [2.75, 3.05) is 6.54 Å². The van der Waals surface area contributed by atoms with Gasteiger partial charge in [0.1, 0.15) is 6.04 Å². The van der Waals surface area contributed by atoms with Crippen molar-refractivity contribution in [3.8, 4) is 0 Å². The Kier molecular flexibility index (Phi) is 5.32. The second kappa shape index (κ2) is 7.42. The first-order chi connectivity index (χ1) is 10.6. The summed E-state index contributed by atoms with van der Waals surface area (Å²) in [6, 6.07) is 11.7. The van der Waals surface area contributed by atoms with E-state index in [4.69, 9.17) is 10.2 Å². The molecule has 1 aromatic carbocycles. The number of hydrogen-bond acceptors (Lipinski definition) is 4. The zero-order valence-electron chi connectivity index (χ0n) is 12.3. The van der Waals surface area contributed by atoms with Gasteiger partial charge in [-0.1, -0.05) is 30.3 Å². The van der Waals surface area contributed by atoms with E-state index in [9.17, 15) is 9.59 Å². The van der Waals surface area contributed by atoms with Crippen LogP contribution in [0.25, 0.3) is 0 Å². The number of benzene rings is 1. The first-order valence-electron chi connectivity index (χ1n) is 7.00. The van der Waals surface area contributed by atoms with E-state index in [1.165, 1.54) is 12.3 Å². The van der Waals surface area contributed by atoms with Crippen molar-refractivity contribution in [1.82, 2.24) is 10.6 Å². The van der Waals surface area contributed by atoms with Crippen LogP contribution in [-0.4, -0.2) is 24.4 Å². The van der Waals surface area contributed by atoms with E-state index in [0.29, 0.717) is 6.54 Å². The van der Waals surface area contributed by atoms with Crippen LogP contribution in [0, 0.1) is 0 Å². The highest BCUT2D eigenvalue weighted by Crippen LogP contribution is 2.08. The molecule has 2 amide bonds. The number of furan rings is 1. The zero-order valence-corrected chi connectivity index (χ0v) is 12.3. The Morgan fingerprint density at radius 2 is 1.91 bits per heavy atom. The molecule has 0 aliphatic heterocycles. The molecule has 0 fully saturated rings. The third-order valence-corrected chi connectivity index (χ3v) is 3.21. The average Bonchev–Trinajstić information content (AvgIpc) is 3.07. The fourth-order valence-electron chi connectivity index (χ4n) is 1.92. The highest BCUT2D eigenvalue weighted by molar-refractivity contribution is 5.95. The van der Waals surface area contributed by atoms with Gasteiger partial charge in [0.05, 0.1) is 6.26 Å². The number of carbonyl (C=O) groups excluding carboxylic acids is 2. The van der Waals surface area contributed by atoms with Gasteiger partial charge in [-0.3, -0.25) is 9.59 Å². The second-order valence-electron chi connectivity index (χ2n) is 4.93. The van der Waals surface area contributed by atoms with E-state index in [2.05, 4.69) is 10.6 Å². The fraction of sp³-hybridized carbons (Fsp3) is 0.250. The standard InChI is InChI=1S/C16H19N3O3/c1-11(19-16(21)14-8-5-9-22-14)15(20)18-10-13(17)12-6-3-2-4-7-12/h2-9,11,13H,10,17H2,1H3,(H,18,20)(H,19,21). The zero-order chi connectivity index (χ0) is 15.9. The molecule has 2 rings (SSSR count). The van der Waals surface area contributed by atoms with Crippen LogP contribution in [-0.2, 0) is 4.79 Å². The van der Waals surface area contributed by atoms with Crippen molar-refractivity contribution in [2.24, 2.45) is 5.73 Å². The number of rotatable bonds is 6. The Morgan fingerprint density at radius 1 is 1.18 bits per heavy atom. The quantitative estimate of drug-likeness (QED) is 0.747. The molecule has 0 aliphatic rings. The Balaban J connectivity index is 1.80. The van der Waals surface area contributed by atoms with Crippen LogP contribution in [0.3, 0.4) is 0 Å². The lowest BCUT2D eigenvalue weighted by atomic mass is 10.1. The Morgan fingerprint density at radius 3 is 2.55 bits per heavy atom. The Labute approximate surface area is 128 Å². The average molecular weight is 301 g/mol. The lowest BCUT2D eigenvalue weighted by Crippen LogP contribution is -2.46. The van der Waals surface area contributed by atoms with E-state index in [1.54, 1.807) is 13.0 Å². The molecular weight excluding hydrogens is 282 g/mol. The fourth-order valence-corrected chi connectivity index (χ4v) is 1.92. The van der Waals surface area contributed by atoms with Crippen LogP contribution in [0.1, 0.15) is 29.1 Å². The molecule has 0 aliphatic carbocycles. The van der Waals surface area contributed by atoms with Crippen LogP contribution >= 0.6 is 0 Å². The molecule has 6 nitrogen and oxygen atoms in total. The number of amides is 2. The van der Waals surface area contributed by atoms with Gasteiger partial charge in [0.15, 0.2) is 5.76 Å². The largest absolute Gasteiger partial charge is 0.459 e. The third-order valence-electron chi connectivity index (χ3n) is 3.21. The predicted molar refractivity (Wildman–Crippen MR) is 82.0 cm³/mol. The summed E-state index contributed by atoms with van der Waals surface area (Å²) in [6.07, 6.45) is 1.40. The summed E-state index contributed by atoms with van der Waals surface area (Å²) < 4.78 is 4.97. The third kappa shape index (κ3) is 4.20. The lowest BCUT2D eigenvalue weighted by Gasteiger charge is -2.16. The monoisotopic (exact) mass is 301 g/mol. The second-order valence-corrected chi connectivity index (χ2v) is 4.93. The van der Waals surface area contributed by atoms with E-state index in [-0.39, 0.29) is 17.7 Å². The van der Waals surface area contributed by atoms with Gasteiger partial charge < -0.3 is 20.8 Å². The summed E-state index contributed by atoms with van der Waals surface area (Å²) in [6.45, 7) is 1.90. The summed E-state index contributed by atoms with van der Waals surface area (Å²) in [5.74, 6) is -0.563. The van der Waals surface area contributed by atoms with Gasteiger partial charge >= 0.3 is 0 Å². The Bertz CT molecular complexity index is 611. The van der Waals surface area contributed by atoms with Crippen molar-refractivity contribution in [3.05, 3.63) is 60.1 Å². The first kappa shape index (κ1) is 15.8. The molecule has 2 aromatic rings. The minimum absolute atomic E-state index is 0.167. The molecule has 22 heavy (non-hydrogen) atoms. The maximum absolute atomic E-state index is 12.0. The summed E-state index contributed by atoms with van der Waals surface area (Å²) in [4.78, 5) is 23.7. The summed E-state index contributed by atoms with van der Waals surface area (Å²) in [5, 5.41) is 5.28. The molecule has 4 N–H and O–H groups in total. The molecule has 0 bridgehead atoms. The molecule has 0 spiro atoms.